The number of nitrogens with one attached hydrogen (secondary N) is 1. The molecule has 1 heterocycles. The Kier molecular flexibility index (Phi) is 6.19. The summed E-state index contributed by atoms with van der Waals surface area (Å²) in [6.07, 6.45) is 5.03. The third-order valence-electron chi connectivity index (χ3n) is 5.28. The van der Waals surface area contributed by atoms with Crippen LogP contribution in [0, 0.1) is 5.82 Å². The first-order valence-corrected chi connectivity index (χ1v) is 10.5. The smallest absolute Gasteiger partial charge is 0.328 e. The van der Waals surface area contributed by atoms with Crippen LogP contribution in [0.15, 0.2) is 72.9 Å². The topological polar surface area (TPSA) is 66.0 Å². The summed E-state index contributed by atoms with van der Waals surface area (Å²) >= 11 is 6.37. The number of benzene rings is 3. The number of nitrogens with zero attached hydrogens (tertiary/aromatic N) is 1. The molecule has 0 radical (unpaired) electrons. The number of rotatable bonds is 6. The van der Waals surface area contributed by atoms with Crippen LogP contribution < -0.4 is 0 Å². The maximum Gasteiger partial charge on any atom is 0.328 e. The van der Waals surface area contributed by atoms with E-state index in [0.29, 0.717) is 12.0 Å². The number of carbonyl (C=O) groups is 1. The van der Waals surface area contributed by atoms with E-state index in [1.807, 2.05) is 55.5 Å². The zero-order valence-electron chi connectivity index (χ0n) is 17.3. The van der Waals surface area contributed by atoms with E-state index in [9.17, 15) is 9.18 Å². The summed E-state index contributed by atoms with van der Waals surface area (Å²) < 4.78 is 14.3. The van der Waals surface area contributed by atoms with Crippen molar-refractivity contribution in [2.75, 3.05) is 0 Å². The van der Waals surface area contributed by atoms with Gasteiger partial charge in [-0.25, -0.2) is 9.18 Å². The number of aromatic nitrogens is 2. The highest BCUT2D eigenvalue weighted by molar-refractivity contribution is 6.33. The number of halogens is 2. The second-order valence-electron chi connectivity index (χ2n) is 7.27. The molecule has 4 rings (SSSR count). The lowest BCUT2D eigenvalue weighted by Gasteiger charge is -2.18. The van der Waals surface area contributed by atoms with Crippen LogP contribution in [0.1, 0.15) is 35.6 Å². The van der Waals surface area contributed by atoms with Crippen LogP contribution >= 0.6 is 11.6 Å². The fraction of sp³-hybridized carbons (Fsp3) is 0.0769. The molecule has 0 unspecified atom stereocenters. The highest BCUT2D eigenvalue weighted by Gasteiger charge is 2.17. The monoisotopic (exact) mass is 446 g/mol. The minimum atomic E-state index is -1.00. The van der Waals surface area contributed by atoms with Gasteiger partial charge in [0.1, 0.15) is 5.82 Å². The molecule has 0 atom stereocenters. The molecule has 0 bridgehead atoms. The van der Waals surface area contributed by atoms with Crippen LogP contribution in [0.5, 0.6) is 0 Å². The molecule has 0 saturated heterocycles. The number of hydrogen-bond donors (Lipinski definition) is 2. The summed E-state index contributed by atoms with van der Waals surface area (Å²) in [5, 5.41) is 17.0. The molecule has 0 saturated carbocycles. The van der Waals surface area contributed by atoms with Crippen LogP contribution in [0.3, 0.4) is 0 Å². The molecule has 2 N–H and O–H groups in total. The van der Waals surface area contributed by atoms with Crippen molar-refractivity contribution in [3.05, 3.63) is 106 Å². The highest BCUT2D eigenvalue weighted by atomic mass is 35.5. The molecule has 160 valence electrons. The van der Waals surface area contributed by atoms with Gasteiger partial charge in [-0.2, -0.15) is 5.10 Å². The quantitative estimate of drug-likeness (QED) is 0.252. The number of H-pyrrole nitrogens is 1. The Morgan fingerprint density at radius 1 is 1.12 bits per heavy atom. The van der Waals surface area contributed by atoms with Crippen molar-refractivity contribution in [1.82, 2.24) is 10.2 Å². The fourth-order valence-corrected chi connectivity index (χ4v) is 4.02. The van der Waals surface area contributed by atoms with Crippen molar-refractivity contribution in [1.29, 1.82) is 0 Å². The molecule has 0 amide bonds. The first-order chi connectivity index (χ1) is 15.5. The van der Waals surface area contributed by atoms with Crippen molar-refractivity contribution in [2.45, 2.75) is 13.3 Å². The lowest BCUT2D eigenvalue weighted by molar-refractivity contribution is -0.131. The normalized spacial score (nSPS) is 12.3. The molecule has 0 fully saturated rings. The van der Waals surface area contributed by atoms with E-state index < -0.39 is 11.8 Å². The Morgan fingerprint density at radius 2 is 1.88 bits per heavy atom. The van der Waals surface area contributed by atoms with Gasteiger partial charge in [0.2, 0.25) is 0 Å². The minimum absolute atomic E-state index is 0.0900. The molecule has 1 aromatic heterocycles. The number of allylic oxidation sites excluding steroid dienone is 1. The van der Waals surface area contributed by atoms with Gasteiger partial charge >= 0.3 is 5.97 Å². The Morgan fingerprint density at radius 3 is 2.59 bits per heavy atom. The summed E-state index contributed by atoms with van der Waals surface area (Å²) in [5.74, 6) is -1.47. The lowest BCUT2D eigenvalue weighted by atomic mass is 9.87. The minimum Gasteiger partial charge on any atom is -0.478 e. The van der Waals surface area contributed by atoms with Gasteiger partial charge in [0.05, 0.1) is 16.7 Å². The molecular formula is C26H20ClFN2O2. The van der Waals surface area contributed by atoms with Crippen molar-refractivity contribution in [3.8, 4) is 0 Å². The highest BCUT2D eigenvalue weighted by Crippen LogP contribution is 2.38. The third-order valence-corrected chi connectivity index (χ3v) is 5.66. The lowest BCUT2D eigenvalue weighted by Crippen LogP contribution is -1.97. The summed E-state index contributed by atoms with van der Waals surface area (Å²) in [4.78, 5) is 10.8. The molecule has 4 aromatic rings. The molecule has 6 heteroatoms. The van der Waals surface area contributed by atoms with Crippen LogP contribution in [0.4, 0.5) is 4.39 Å². The second-order valence-corrected chi connectivity index (χ2v) is 7.65. The third kappa shape index (κ3) is 4.34. The van der Waals surface area contributed by atoms with Crippen molar-refractivity contribution in [2.24, 2.45) is 0 Å². The number of hydrogen-bond acceptors (Lipinski definition) is 2. The van der Waals surface area contributed by atoms with Crippen LogP contribution in [-0.2, 0) is 4.79 Å². The van der Waals surface area contributed by atoms with E-state index in [1.54, 1.807) is 12.3 Å². The second kappa shape index (κ2) is 9.20. The van der Waals surface area contributed by atoms with Gasteiger partial charge in [-0.05, 0) is 64.1 Å². The summed E-state index contributed by atoms with van der Waals surface area (Å²) in [6.45, 7) is 2.01. The van der Waals surface area contributed by atoms with Crippen molar-refractivity contribution >= 4 is 45.7 Å². The maximum absolute atomic E-state index is 14.3. The molecule has 0 aliphatic carbocycles. The van der Waals surface area contributed by atoms with Gasteiger partial charge in [0, 0.05) is 11.5 Å². The van der Waals surface area contributed by atoms with Gasteiger partial charge in [-0.15, -0.1) is 0 Å². The fourth-order valence-electron chi connectivity index (χ4n) is 3.78. The standard InChI is InChI=1S/C26H20ClFN2O2/c1-2-20(21-4-3-5-22(28)26(21)27)25(18-11-12-23-19(14-18)15-29-30-23)17-9-6-16(7-10-17)8-13-24(31)32/h3-15H,2H2,1H3,(H,29,30)(H,31,32). The van der Waals surface area contributed by atoms with E-state index >= 15 is 0 Å². The largest absolute Gasteiger partial charge is 0.478 e. The molecule has 32 heavy (non-hydrogen) atoms. The summed E-state index contributed by atoms with van der Waals surface area (Å²) in [5.41, 5.74) is 6.03. The van der Waals surface area contributed by atoms with Gasteiger partial charge in [0.15, 0.2) is 0 Å². The molecule has 4 nitrogen and oxygen atoms in total. The number of aliphatic carboxylic acids is 1. The van der Waals surface area contributed by atoms with E-state index in [2.05, 4.69) is 10.2 Å². The van der Waals surface area contributed by atoms with Gasteiger partial charge in [0.25, 0.3) is 0 Å². The number of fused-ring (bicyclic) bond motifs is 1. The molecule has 3 aromatic carbocycles. The maximum atomic E-state index is 14.3. The predicted molar refractivity (Wildman–Crippen MR) is 127 cm³/mol. The average Bonchev–Trinajstić information content (AvgIpc) is 3.26. The molecule has 0 aliphatic heterocycles. The number of carboxylic acids is 1. The van der Waals surface area contributed by atoms with E-state index in [0.717, 1.165) is 44.8 Å². The first kappa shape index (κ1) is 21.5. The number of carboxylic acid groups (broad SMARTS) is 1. The van der Waals surface area contributed by atoms with E-state index in [1.165, 1.54) is 12.1 Å². The van der Waals surface area contributed by atoms with Crippen LogP contribution in [-0.4, -0.2) is 21.3 Å². The van der Waals surface area contributed by atoms with E-state index in [-0.39, 0.29) is 5.02 Å². The van der Waals surface area contributed by atoms with Crippen LogP contribution in [0.25, 0.3) is 28.1 Å². The zero-order chi connectivity index (χ0) is 22.7. The Balaban J connectivity index is 1.94. The van der Waals surface area contributed by atoms with Crippen LogP contribution in [0.2, 0.25) is 5.02 Å². The Bertz CT molecular complexity index is 1350. The predicted octanol–water partition coefficient (Wildman–Crippen LogP) is 6.82. The first-order valence-electron chi connectivity index (χ1n) is 10.1. The van der Waals surface area contributed by atoms with Crippen molar-refractivity contribution < 1.29 is 14.3 Å². The van der Waals surface area contributed by atoms with E-state index in [4.69, 9.17) is 16.7 Å². The molecular weight excluding hydrogens is 427 g/mol. The average molecular weight is 447 g/mol. The SMILES string of the molecule is CCC(=C(c1ccc(C=CC(=O)O)cc1)c1ccc2[nH]ncc2c1)c1cccc(F)c1Cl. The van der Waals surface area contributed by atoms with Gasteiger partial charge in [-0.1, -0.05) is 61.0 Å². The number of aromatic amines is 1. The Labute approximate surface area is 189 Å². The van der Waals surface area contributed by atoms with Gasteiger partial charge < -0.3 is 5.11 Å². The zero-order valence-corrected chi connectivity index (χ0v) is 18.0. The molecule has 0 spiro atoms. The molecule has 0 aliphatic rings. The Hall–Kier alpha value is -3.70. The van der Waals surface area contributed by atoms with Crippen molar-refractivity contribution in [3.63, 3.8) is 0 Å². The summed E-state index contributed by atoms with van der Waals surface area (Å²) in [7, 11) is 0. The van der Waals surface area contributed by atoms with Gasteiger partial charge in [-0.3, -0.25) is 5.10 Å². The summed E-state index contributed by atoms with van der Waals surface area (Å²) in [6, 6.07) is 18.4.